The van der Waals surface area contributed by atoms with Gasteiger partial charge >= 0.3 is 5.97 Å². The highest BCUT2D eigenvalue weighted by atomic mass is 16.5. The summed E-state index contributed by atoms with van der Waals surface area (Å²) < 4.78 is 5.27. The summed E-state index contributed by atoms with van der Waals surface area (Å²) in [6.45, 7) is -0.0750. The lowest BCUT2D eigenvalue weighted by molar-refractivity contribution is -0.125. The number of nitrogens with zero attached hydrogens (tertiary/aromatic N) is 2. The Balaban J connectivity index is 1.61. The number of nitrogens with one attached hydrogen (secondary N) is 1. The third kappa shape index (κ3) is 3.74. The number of carboxylic acid groups (broad SMARTS) is 1. The highest BCUT2D eigenvalue weighted by molar-refractivity contribution is 6.01. The van der Waals surface area contributed by atoms with Crippen LogP contribution in [0.4, 0.5) is 5.82 Å². The fourth-order valence-corrected chi connectivity index (χ4v) is 2.36. The first-order chi connectivity index (χ1) is 12.0. The molecular formula is C17H15N3O5. The molecule has 25 heavy (non-hydrogen) atoms. The van der Waals surface area contributed by atoms with Crippen LogP contribution < -0.4 is 15.0 Å². The van der Waals surface area contributed by atoms with E-state index < -0.39 is 5.97 Å². The number of pyridine rings is 1. The molecule has 1 aliphatic heterocycles. The minimum Gasteiger partial charge on any atom is -0.480 e. The number of rotatable bonds is 5. The molecule has 2 heterocycles. The maximum absolute atomic E-state index is 12.1. The van der Waals surface area contributed by atoms with Crippen LogP contribution in [0.1, 0.15) is 15.9 Å². The molecule has 1 aromatic carbocycles. The smallest absolute Gasteiger partial charge is 0.335 e. The van der Waals surface area contributed by atoms with Crippen molar-refractivity contribution in [1.82, 2.24) is 10.3 Å². The van der Waals surface area contributed by atoms with Gasteiger partial charge in [-0.25, -0.2) is 9.78 Å². The van der Waals surface area contributed by atoms with E-state index in [2.05, 4.69) is 10.3 Å². The van der Waals surface area contributed by atoms with Gasteiger partial charge in [0, 0.05) is 12.7 Å². The fraction of sp³-hybridized carbons (Fsp3) is 0.176. The highest BCUT2D eigenvalue weighted by Gasteiger charge is 2.28. The van der Waals surface area contributed by atoms with Crippen LogP contribution in [0.3, 0.4) is 0 Å². The molecular weight excluding hydrogens is 326 g/mol. The first-order valence-corrected chi connectivity index (χ1v) is 7.51. The Morgan fingerprint density at radius 1 is 1.24 bits per heavy atom. The summed E-state index contributed by atoms with van der Waals surface area (Å²) in [6, 6.07) is 9.56. The van der Waals surface area contributed by atoms with Crippen molar-refractivity contribution < 1.29 is 24.2 Å². The summed E-state index contributed by atoms with van der Waals surface area (Å²) in [4.78, 5) is 40.3. The second-order valence-electron chi connectivity index (χ2n) is 5.37. The Bertz CT molecular complexity index is 819. The molecule has 0 unspecified atom stereocenters. The van der Waals surface area contributed by atoms with Gasteiger partial charge < -0.3 is 15.2 Å². The average molecular weight is 341 g/mol. The predicted molar refractivity (Wildman–Crippen MR) is 87.3 cm³/mol. The van der Waals surface area contributed by atoms with E-state index >= 15 is 0 Å². The maximum atomic E-state index is 12.1. The molecule has 2 aromatic rings. The van der Waals surface area contributed by atoms with E-state index in [-0.39, 0.29) is 37.1 Å². The Kier molecular flexibility index (Phi) is 4.60. The number of aromatic nitrogens is 1. The predicted octanol–water partition coefficient (Wildman–Crippen LogP) is 0.822. The van der Waals surface area contributed by atoms with Crippen molar-refractivity contribution in [3.63, 3.8) is 0 Å². The summed E-state index contributed by atoms with van der Waals surface area (Å²) in [5.74, 6) is -0.923. The van der Waals surface area contributed by atoms with Gasteiger partial charge in [0.2, 0.25) is 5.91 Å². The minimum atomic E-state index is -1.01. The van der Waals surface area contributed by atoms with E-state index in [9.17, 15) is 14.4 Å². The van der Waals surface area contributed by atoms with E-state index in [0.29, 0.717) is 11.6 Å². The minimum absolute atomic E-state index is 0.136. The van der Waals surface area contributed by atoms with Crippen LogP contribution >= 0.6 is 0 Å². The van der Waals surface area contributed by atoms with E-state index in [1.165, 1.54) is 23.2 Å². The molecule has 8 heteroatoms. The summed E-state index contributed by atoms with van der Waals surface area (Å²) in [7, 11) is 0. The zero-order valence-corrected chi connectivity index (χ0v) is 13.1. The molecule has 0 spiro atoms. The van der Waals surface area contributed by atoms with Crippen molar-refractivity contribution in [3.05, 3.63) is 53.7 Å². The second kappa shape index (κ2) is 7.00. The SMILES string of the molecule is O=C(CN1C(=O)COc2cccnc21)NCc1ccc(C(=O)O)cc1. The largest absolute Gasteiger partial charge is 0.480 e. The van der Waals surface area contributed by atoms with Gasteiger partial charge in [-0.15, -0.1) is 0 Å². The lowest BCUT2D eigenvalue weighted by Crippen LogP contribution is -2.45. The Labute approximate surface area is 143 Å². The number of fused-ring (bicyclic) bond motifs is 1. The number of carbonyl (C=O) groups excluding carboxylic acids is 2. The van der Waals surface area contributed by atoms with E-state index in [0.717, 1.165) is 5.56 Å². The quantitative estimate of drug-likeness (QED) is 0.833. The van der Waals surface area contributed by atoms with Crippen molar-refractivity contribution in [3.8, 4) is 5.75 Å². The van der Waals surface area contributed by atoms with Gasteiger partial charge in [0.25, 0.3) is 5.91 Å². The van der Waals surface area contributed by atoms with Gasteiger partial charge in [-0.3, -0.25) is 14.5 Å². The number of amides is 2. The normalized spacial score (nSPS) is 13.0. The first kappa shape index (κ1) is 16.4. The van der Waals surface area contributed by atoms with Crippen molar-refractivity contribution >= 4 is 23.6 Å². The third-order valence-corrected chi connectivity index (χ3v) is 3.65. The van der Waals surface area contributed by atoms with Gasteiger partial charge in [0.1, 0.15) is 6.54 Å². The Morgan fingerprint density at radius 3 is 2.72 bits per heavy atom. The molecule has 0 atom stereocenters. The van der Waals surface area contributed by atoms with Gasteiger partial charge in [0.15, 0.2) is 18.2 Å². The summed E-state index contributed by atoms with van der Waals surface area (Å²) in [5.41, 5.74) is 0.932. The fourth-order valence-electron chi connectivity index (χ4n) is 2.36. The van der Waals surface area contributed by atoms with E-state index in [4.69, 9.17) is 9.84 Å². The third-order valence-electron chi connectivity index (χ3n) is 3.65. The zero-order valence-electron chi connectivity index (χ0n) is 13.1. The number of ether oxygens (including phenoxy) is 1. The summed E-state index contributed by atoms with van der Waals surface area (Å²) in [6.07, 6.45) is 1.52. The molecule has 3 rings (SSSR count). The maximum Gasteiger partial charge on any atom is 0.335 e. The summed E-state index contributed by atoms with van der Waals surface area (Å²) in [5, 5.41) is 11.6. The molecule has 128 valence electrons. The number of anilines is 1. The average Bonchev–Trinajstić information content (AvgIpc) is 2.63. The van der Waals surface area contributed by atoms with Gasteiger partial charge in [-0.1, -0.05) is 12.1 Å². The number of hydrogen-bond acceptors (Lipinski definition) is 5. The molecule has 0 bridgehead atoms. The number of aromatic carboxylic acids is 1. The van der Waals surface area contributed by atoms with Crippen molar-refractivity contribution in [2.45, 2.75) is 6.54 Å². The topological polar surface area (TPSA) is 109 Å². The molecule has 1 aromatic heterocycles. The lowest BCUT2D eigenvalue weighted by Gasteiger charge is -2.27. The van der Waals surface area contributed by atoms with E-state index in [1.54, 1.807) is 24.3 Å². The van der Waals surface area contributed by atoms with Crippen LogP contribution in [0.5, 0.6) is 5.75 Å². The number of benzene rings is 1. The van der Waals surface area contributed by atoms with Crippen molar-refractivity contribution in [2.24, 2.45) is 0 Å². The summed E-state index contributed by atoms with van der Waals surface area (Å²) >= 11 is 0. The van der Waals surface area contributed by atoms with Crippen molar-refractivity contribution in [1.29, 1.82) is 0 Å². The van der Waals surface area contributed by atoms with Crippen LogP contribution in [0.15, 0.2) is 42.6 Å². The molecule has 0 fully saturated rings. The van der Waals surface area contributed by atoms with Crippen LogP contribution in [0, 0.1) is 0 Å². The Morgan fingerprint density at radius 2 is 2.00 bits per heavy atom. The molecule has 0 aliphatic carbocycles. The van der Waals surface area contributed by atoms with Gasteiger partial charge in [-0.2, -0.15) is 0 Å². The number of carbonyl (C=O) groups is 3. The second-order valence-corrected chi connectivity index (χ2v) is 5.37. The van der Waals surface area contributed by atoms with Crippen LogP contribution in [0.2, 0.25) is 0 Å². The highest BCUT2D eigenvalue weighted by Crippen LogP contribution is 2.28. The number of carboxylic acids is 1. The molecule has 2 N–H and O–H groups in total. The standard InChI is InChI=1S/C17H15N3O5/c21-14(19-8-11-3-5-12(6-4-11)17(23)24)9-20-15(22)10-25-13-2-1-7-18-16(13)20/h1-7H,8-10H2,(H,19,21)(H,23,24). The van der Waals surface area contributed by atoms with Crippen molar-refractivity contribution in [2.75, 3.05) is 18.1 Å². The van der Waals surface area contributed by atoms with Crippen LogP contribution in [-0.2, 0) is 16.1 Å². The molecule has 0 radical (unpaired) electrons. The van der Waals surface area contributed by atoms with E-state index in [1.807, 2.05) is 0 Å². The Hall–Kier alpha value is -3.42. The monoisotopic (exact) mass is 341 g/mol. The van der Waals surface area contributed by atoms with Gasteiger partial charge in [-0.05, 0) is 29.8 Å². The molecule has 1 aliphatic rings. The number of hydrogen-bond donors (Lipinski definition) is 2. The zero-order chi connectivity index (χ0) is 17.8. The van der Waals surface area contributed by atoms with Crippen LogP contribution in [0.25, 0.3) is 0 Å². The van der Waals surface area contributed by atoms with Crippen LogP contribution in [-0.4, -0.2) is 41.0 Å². The molecule has 0 saturated heterocycles. The lowest BCUT2D eigenvalue weighted by atomic mass is 10.1. The molecule has 8 nitrogen and oxygen atoms in total. The van der Waals surface area contributed by atoms with Gasteiger partial charge in [0.05, 0.1) is 5.56 Å². The first-order valence-electron chi connectivity index (χ1n) is 7.51. The molecule has 2 amide bonds. The molecule has 0 saturated carbocycles.